The molecule has 1 heterocycles. The number of hydrogen-bond acceptors (Lipinski definition) is 2. The van der Waals surface area contributed by atoms with Crippen molar-refractivity contribution >= 4 is 27.7 Å². The molecule has 1 aliphatic heterocycles. The summed E-state index contributed by atoms with van der Waals surface area (Å²) in [6.45, 7) is 3.06. The molecule has 2 unspecified atom stereocenters. The van der Waals surface area contributed by atoms with Gasteiger partial charge < -0.3 is 5.32 Å². The zero-order chi connectivity index (χ0) is 13.0. The lowest BCUT2D eigenvalue weighted by molar-refractivity contribution is 0.484. The molecule has 0 amide bonds. The van der Waals surface area contributed by atoms with Gasteiger partial charge in [-0.05, 0) is 55.3 Å². The van der Waals surface area contributed by atoms with E-state index in [2.05, 4.69) is 28.2 Å². The quantitative estimate of drug-likeness (QED) is 0.875. The van der Waals surface area contributed by atoms with Crippen LogP contribution in [0.3, 0.4) is 0 Å². The molecule has 4 heteroatoms. The molecule has 1 aromatic carbocycles. The lowest BCUT2D eigenvalue weighted by atomic mass is 10.0. The van der Waals surface area contributed by atoms with E-state index in [9.17, 15) is 4.39 Å². The third-order valence-corrected chi connectivity index (χ3v) is 5.34. The maximum atomic E-state index is 13.8. The Kier molecular flexibility index (Phi) is 5.52. The van der Waals surface area contributed by atoms with Crippen molar-refractivity contribution in [2.75, 3.05) is 12.3 Å². The lowest BCUT2D eigenvalue weighted by Gasteiger charge is -2.24. The fourth-order valence-electron chi connectivity index (χ4n) is 2.45. The summed E-state index contributed by atoms with van der Waals surface area (Å²) in [5, 5.41) is 4.14. The zero-order valence-corrected chi connectivity index (χ0v) is 13.0. The zero-order valence-electron chi connectivity index (χ0n) is 10.6. The number of hydrogen-bond donors (Lipinski definition) is 1. The molecule has 0 radical (unpaired) electrons. The number of thioether (sulfide) groups is 1. The summed E-state index contributed by atoms with van der Waals surface area (Å²) in [4.78, 5) is 0. The Morgan fingerprint density at radius 3 is 3.06 bits per heavy atom. The van der Waals surface area contributed by atoms with Crippen molar-refractivity contribution in [1.82, 2.24) is 5.32 Å². The molecule has 0 aliphatic carbocycles. The van der Waals surface area contributed by atoms with E-state index in [4.69, 9.17) is 0 Å². The predicted octanol–water partition coefficient (Wildman–Crippen LogP) is 4.00. The first-order valence-corrected chi connectivity index (χ1v) is 8.33. The minimum absolute atomic E-state index is 0.0934. The van der Waals surface area contributed by atoms with Crippen LogP contribution in [0.5, 0.6) is 0 Å². The van der Waals surface area contributed by atoms with Gasteiger partial charge >= 0.3 is 0 Å². The monoisotopic (exact) mass is 331 g/mol. The van der Waals surface area contributed by atoms with Crippen molar-refractivity contribution in [3.8, 4) is 0 Å². The minimum Gasteiger partial charge on any atom is -0.313 e. The van der Waals surface area contributed by atoms with Crippen LogP contribution in [0.1, 0.15) is 25.3 Å². The summed E-state index contributed by atoms with van der Waals surface area (Å²) in [5.41, 5.74) is 0.808. The third-order valence-electron chi connectivity index (χ3n) is 3.33. The molecule has 2 atom stereocenters. The normalized spacial score (nSPS) is 21.2. The first kappa shape index (κ1) is 14.4. The topological polar surface area (TPSA) is 12.0 Å². The smallest absolute Gasteiger partial charge is 0.126 e. The van der Waals surface area contributed by atoms with Crippen LogP contribution in [0, 0.1) is 5.82 Å². The molecule has 0 saturated carbocycles. The van der Waals surface area contributed by atoms with Gasteiger partial charge in [0, 0.05) is 15.8 Å². The molecule has 1 aliphatic rings. The summed E-state index contributed by atoms with van der Waals surface area (Å²) in [6, 6.07) is 5.58. The molecule has 1 N–H and O–H groups in total. The highest BCUT2D eigenvalue weighted by molar-refractivity contribution is 9.10. The summed E-state index contributed by atoms with van der Waals surface area (Å²) < 4.78 is 14.8. The average Bonchev–Trinajstić information content (AvgIpc) is 2.87. The van der Waals surface area contributed by atoms with Gasteiger partial charge in [0.1, 0.15) is 5.82 Å². The molecule has 1 saturated heterocycles. The first-order chi connectivity index (χ1) is 8.70. The Bertz CT molecular complexity index is 393. The highest BCUT2D eigenvalue weighted by Gasteiger charge is 2.25. The van der Waals surface area contributed by atoms with Gasteiger partial charge in [0.25, 0.3) is 0 Å². The standard InChI is InChI=1S/C14H19BrFNS/c1-2-17-13(14-4-3-7-18-14)9-10-8-11(15)5-6-12(10)16/h5-6,8,13-14,17H,2-4,7,9H2,1H3. The average molecular weight is 332 g/mol. The Balaban J connectivity index is 2.09. The second-order valence-corrected chi connectivity index (χ2v) is 6.92. The van der Waals surface area contributed by atoms with Crippen LogP contribution in [0.25, 0.3) is 0 Å². The highest BCUT2D eigenvalue weighted by atomic mass is 79.9. The minimum atomic E-state index is -0.0934. The summed E-state index contributed by atoms with van der Waals surface area (Å²) in [7, 11) is 0. The van der Waals surface area contributed by atoms with E-state index in [1.54, 1.807) is 12.1 Å². The maximum absolute atomic E-state index is 13.8. The van der Waals surface area contributed by atoms with Crippen LogP contribution < -0.4 is 5.32 Å². The van der Waals surface area contributed by atoms with E-state index < -0.39 is 0 Å². The van der Waals surface area contributed by atoms with Crippen molar-refractivity contribution in [2.45, 2.75) is 37.5 Å². The number of likely N-dealkylation sites (N-methyl/N-ethyl adjacent to an activating group) is 1. The number of rotatable bonds is 5. The number of nitrogens with one attached hydrogen (secondary N) is 1. The van der Waals surface area contributed by atoms with E-state index in [0.717, 1.165) is 23.0 Å². The van der Waals surface area contributed by atoms with Crippen LogP contribution in [0.2, 0.25) is 0 Å². The van der Waals surface area contributed by atoms with E-state index in [0.29, 0.717) is 11.3 Å². The second kappa shape index (κ2) is 6.92. The Morgan fingerprint density at radius 2 is 2.39 bits per heavy atom. The fraction of sp³-hybridized carbons (Fsp3) is 0.571. The summed E-state index contributed by atoms with van der Waals surface area (Å²) >= 11 is 5.44. The van der Waals surface area contributed by atoms with Crippen LogP contribution in [0.15, 0.2) is 22.7 Å². The van der Waals surface area contributed by atoms with Crippen LogP contribution >= 0.6 is 27.7 Å². The third kappa shape index (κ3) is 3.72. The Morgan fingerprint density at radius 1 is 1.56 bits per heavy atom. The first-order valence-electron chi connectivity index (χ1n) is 6.49. The molecule has 2 rings (SSSR count). The molecular weight excluding hydrogens is 313 g/mol. The van der Waals surface area contributed by atoms with Crippen molar-refractivity contribution in [3.05, 3.63) is 34.1 Å². The molecule has 100 valence electrons. The molecule has 0 spiro atoms. The van der Waals surface area contributed by atoms with Crippen molar-refractivity contribution in [3.63, 3.8) is 0 Å². The molecule has 1 nitrogen and oxygen atoms in total. The molecule has 0 bridgehead atoms. The molecule has 18 heavy (non-hydrogen) atoms. The lowest BCUT2D eigenvalue weighted by Crippen LogP contribution is -2.39. The van der Waals surface area contributed by atoms with Gasteiger partial charge in [-0.2, -0.15) is 11.8 Å². The van der Waals surface area contributed by atoms with Gasteiger partial charge in [-0.25, -0.2) is 4.39 Å². The Hall–Kier alpha value is -0.0600. The van der Waals surface area contributed by atoms with Gasteiger partial charge in [-0.1, -0.05) is 22.9 Å². The molecule has 1 aromatic rings. The Labute approximate surface area is 121 Å². The SMILES string of the molecule is CCNC(Cc1cc(Br)ccc1F)C1CCCS1. The predicted molar refractivity (Wildman–Crippen MR) is 80.7 cm³/mol. The number of benzene rings is 1. The molecule has 1 fully saturated rings. The number of halogens is 2. The molecular formula is C14H19BrFNS. The van der Waals surface area contributed by atoms with Gasteiger partial charge in [0.2, 0.25) is 0 Å². The van der Waals surface area contributed by atoms with Crippen LogP contribution in [-0.4, -0.2) is 23.6 Å². The van der Waals surface area contributed by atoms with E-state index in [1.165, 1.54) is 18.6 Å². The second-order valence-electron chi connectivity index (χ2n) is 4.66. The van der Waals surface area contributed by atoms with Gasteiger partial charge in [0.05, 0.1) is 0 Å². The fourth-order valence-corrected chi connectivity index (χ4v) is 4.26. The van der Waals surface area contributed by atoms with E-state index in [-0.39, 0.29) is 5.82 Å². The van der Waals surface area contributed by atoms with E-state index in [1.807, 2.05) is 17.8 Å². The highest BCUT2D eigenvalue weighted by Crippen LogP contribution is 2.30. The maximum Gasteiger partial charge on any atom is 0.126 e. The van der Waals surface area contributed by atoms with Crippen molar-refractivity contribution in [2.24, 2.45) is 0 Å². The van der Waals surface area contributed by atoms with Gasteiger partial charge in [-0.3, -0.25) is 0 Å². The van der Waals surface area contributed by atoms with Crippen LogP contribution in [0.4, 0.5) is 4.39 Å². The molecule has 0 aromatic heterocycles. The largest absolute Gasteiger partial charge is 0.313 e. The van der Waals surface area contributed by atoms with Crippen molar-refractivity contribution in [1.29, 1.82) is 0 Å². The van der Waals surface area contributed by atoms with E-state index >= 15 is 0 Å². The van der Waals surface area contributed by atoms with Gasteiger partial charge in [0.15, 0.2) is 0 Å². The van der Waals surface area contributed by atoms with Crippen LogP contribution in [-0.2, 0) is 6.42 Å². The summed E-state index contributed by atoms with van der Waals surface area (Å²) in [6.07, 6.45) is 3.31. The summed E-state index contributed by atoms with van der Waals surface area (Å²) in [5.74, 6) is 1.15. The van der Waals surface area contributed by atoms with Gasteiger partial charge in [-0.15, -0.1) is 0 Å². The van der Waals surface area contributed by atoms with Crippen molar-refractivity contribution < 1.29 is 4.39 Å².